The monoisotopic (exact) mass is 421 g/mol. The maximum Gasteiger partial charge on any atom is 0.295 e. The van der Waals surface area contributed by atoms with Crippen LogP contribution in [0.2, 0.25) is 10.0 Å². The number of hydrogen-bond acceptors (Lipinski definition) is 5. The van der Waals surface area contributed by atoms with Crippen molar-refractivity contribution >= 4 is 40.7 Å². The fourth-order valence-corrected chi connectivity index (χ4v) is 3.03. The number of anilines is 1. The SMILES string of the molecule is CCc1nc(C(=O)Nc2cnn(CC(=O)NC)c2)nn1-c1c(Cl)cccc1Cl. The third-order valence-corrected chi connectivity index (χ3v) is 4.43. The molecule has 0 saturated heterocycles. The molecule has 0 spiro atoms. The van der Waals surface area contributed by atoms with E-state index in [1.54, 1.807) is 18.2 Å². The first-order chi connectivity index (χ1) is 13.4. The molecule has 0 bridgehead atoms. The van der Waals surface area contributed by atoms with Gasteiger partial charge in [-0.3, -0.25) is 14.3 Å². The van der Waals surface area contributed by atoms with E-state index < -0.39 is 5.91 Å². The van der Waals surface area contributed by atoms with Crippen LogP contribution in [0.25, 0.3) is 5.69 Å². The number of likely N-dealkylation sites (N-methyl/N-ethyl adjacent to an activating group) is 1. The largest absolute Gasteiger partial charge is 0.358 e. The van der Waals surface area contributed by atoms with Crippen molar-refractivity contribution in [1.82, 2.24) is 29.9 Å². The summed E-state index contributed by atoms with van der Waals surface area (Å²) >= 11 is 12.5. The van der Waals surface area contributed by atoms with Gasteiger partial charge in [0.2, 0.25) is 11.7 Å². The minimum atomic E-state index is -0.517. The topological polar surface area (TPSA) is 107 Å². The van der Waals surface area contributed by atoms with Crippen LogP contribution in [-0.4, -0.2) is 43.4 Å². The van der Waals surface area contributed by atoms with E-state index in [4.69, 9.17) is 23.2 Å². The van der Waals surface area contributed by atoms with Crippen molar-refractivity contribution in [3.63, 3.8) is 0 Å². The smallest absolute Gasteiger partial charge is 0.295 e. The summed E-state index contributed by atoms with van der Waals surface area (Å²) in [6.45, 7) is 1.93. The summed E-state index contributed by atoms with van der Waals surface area (Å²) in [5.41, 5.74) is 0.881. The summed E-state index contributed by atoms with van der Waals surface area (Å²) in [6, 6.07) is 5.09. The molecule has 0 radical (unpaired) electrons. The van der Waals surface area contributed by atoms with E-state index in [1.165, 1.54) is 28.8 Å². The first-order valence-corrected chi connectivity index (χ1v) is 9.13. The highest BCUT2D eigenvalue weighted by Crippen LogP contribution is 2.28. The van der Waals surface area contributed by atoms with Gasteiger partial charge in [0.05, 0.1) is 21.9 Å². The third-order valence-electron chi connectivity index (χ3n) is 3.82. The molecule has 3 rings (SSSR count). The Bertz CT molecular complexity index is 1010. The molecule has 2 N–H and O–H groups in total. The van der Waals surface area contributed by atoms with Crippen molar-refractivity contribution in [2.24, 2.45) is 0 Å². The molecule has 0 aliphatic rings. The maximum atomic E-state index is 12.6. The number of nitrogens with one attached hydrogen (secondary N) is 2. The number of hydrogen-bond donors (Lipinski definition) is 2. The van der Waals surface area contributed by atoms with Gasteiger partial charge in [-0.25, -0.2) is 9.67 Å². The van der Waals surface area contributed by atoms with Crippen molar-refractivity contribution in [1.29, 1.82) is 0 Å². The zero-order valence-electron chi connectivity index (χ0n) is 15.1. The lowest BCUT2D eigenvalue weighted by Crippen LogP contribution is -2.23. The van der Waals surface area contributed by atoms with Gasteiger partial charge in [-0.15, -0.1) is 5.10 Å². The molecular formula is C17H17Cl2N7O2. The van der Waals surface area contributed by atoms with Crippen molar-refractivity contribution in [2.75, 3.05) is 12.4 Å². The van der Waals surface area contributed by atoms with Gasteiger partial charge >= 0.3 is 0 Å². The van der Waals surface area contributed by atoms with Crippen molar-refractivity contribution in [3.05, 3.63) is 52.3 Å². The van der Waals surface area contributed by atoms with Gasteiger partial charge in [0.15, 0.2) is 0 Å². The fourth-order valence-electron chi connectivity index (χ4n) is 2.47. The van der Waals surface area contributed by atoms with Gasteiger partial charge in [-0.1, -0.05) is 36.2 Å². The van der Waals surface area contributed by atoms with E-state index in [9.17, 15) is 9.59 Å². The van der Waals surface area contributed by atoms with Gasteiger partial charge in [-0.05, 0) is 12.1 Å². The van der Waals surface area contributed by atoms with E-state index >= 15 is 0 Å². The lowest BCUT2D eigenvalue weighted by Gasteiger charge is -2.08. The van der Waals surface area contributed by atoms with Crippen LogP contribution in [0.4, 0.5) is 5.69 Å². The van der Waals surface area contributed by atoms with Crippen LogP contribution >= 0.6 is 23.2 Å². The fraction of sp³-hybridized carbons (Fsp3) is 0.235. The van der Waals surface area contributed by atoms with Crippen LogP contribution in [0.1, 0.15) is 23.4 Å². The van der Waals surface area contributed by atoms with Crippen LogP contribution in [0, 0.1) is 0 Å². The van der Waals surface area contributed by atoms with E-state index in [0.29, 0.717) is 33.7 Å². The minimum absolute atomic E-state index is 0.0353. The molecular weight excluding hydrogens is 405 g/mol. The van der Waals surface area contributed by atoms with Crippen LogP contribution in [0.5, 0.6) is 0 Å². The number of benzene rings is 1. The quantitative estimate of drug-likeness (QED) is 0.634. The summed E-state index contributed by atoms with van der Waals surface area (Å²) in [6.07, 6.45) is 3.49. The van der Waals surface area contributed by atoms with Gasteiger partial charge in [0.1, 0.15) is 18.1 Å². The number of rotatable bonds is 6. The first-order valence-electron chi connectivity index (χ1n) is 8.37. The second kappa shape index (κ2) is 8.41. The summed E-state index contributed by atoms with van der Waals surface area (Å²) in [7, 11) is 1.53. The predicted molar refractivity (Wildman–Crippen MR) is 105 cm³/mol. The summed E-state index contributed by atoms with van der Waals surface area (Å²) in [4.78, 5) is 28.2. The van der Waals surface area contributed by atoms with Crippen LogP contribution in [0.3, 0.4) is 0 Å². The molecule has 1 aromatic carbocycles. The first kappa shape index (κ1) is 19.8. The molecule has 0 fully saturated rings. The normalized spacial score (nSPS) is 10.7. The molecule has 28 heavy (non-hydrogen) atoms. The Balaban J connectivity index is 1.84. The average Bonchev–Trinajstić information content (AvgIpc) is 3.28. The van der Waals surface area contributed by atoms with E-state index in [0.717, 1.165) is 0 Å². The number of halogens is 2. The number of aryl methyl sites for hydroxylation is 1. The van der Waals surface area contributed by atoms with Crippen molar-refractivity contribution in [3.8, 4) is 5.69 Å². The Morgan fingerprint density at radius 3 is 2.57 bits per heavy atom. The second-order valence-electron chi connectivity index (χ2n) is 5.74. The van der Waals surface area contributed by atoms with E-state index in [-0.39, 0.29) is 18.3 Å². The lowest BCUT2D eigenvalue weighted by molar-refractivity contribution is -0.121. The number of carbonyl (C=O) groups excluding carboxylic acids is 2. The van der Waals surface area contributed by atoms with E-state index in [1.807, 2.05) is 6.92 Å². The second-order valence-corrected chi connectivity index (χ2v) is 6.56. The molecule has 11 heteroatoms. The molecule has 3 aromatic rings. The Labute approximate surface area is 170 Å². The highest BCUT2D eigenvalue weighted by atomic mass is 35.5. The zero-order valence-corrected chi connectivity index (χ0v) is 16.6. The lowest BCUT2D eigenvalue weighted by atomic mass is 10.3. The van der Waals surface area contributed by atoms with Gasteiger partial charge in [0, 0.05) is 19.7 Å². The molecule has 0 unspecified atom stereocenters. The standard InChI is InChI=1S/C17H17Cl2N7O2/c1-3-13-23-16(24-26(13)15-11(18)5-4-6-12(15)19)17(28)22-10-7-21-25(8-10)9-14(27)20-2/h4-8H,3,9H2,1-2H3,(H,20,27)(H,22,28). The molecule has 146 valence electrons. The van der Waals surface area contributed by atoms with Crippen molar-refractivity contribution in [2.45, 2.75) is 19.9 Å². The molecule has 0 atom stereocenters. The number of nitrogens with zero attached hydrogens (tertiary/aromatic N) is 5. The Kier molecular flexibility index (Phi) is 5.96. The van der Waals surface area contributed by atoms with Crippen LogP contribution < -0.4 is 10.6 Å². The number of aromatic nitrogens is 5. The zero-order chi connectivity index (χ0) is 20.3. The molecule has 2 amide bonds. The molecule has 2 aromatic heterocycles. The summed E-state index contributed by atoms with van der Waals surface area (Å²) < 4.78 is 2.87. The Morgan fingerprint density at radius 1 is 1.21 bits per heavy atom. The van der Waals surface area contributed by atoms with Crippen LogP contribution in [0.15, 0.2) is 30.6 Å². The van der Waals surface area contributed by atoms with Crippen molar-refractivity contribution < 1.29 is 9.59 Å². The molecule has 2 heterocycles. The van der Waals surface area contributed by atoms with Gasteiger partial charge in [-0.2, -0.15) is 5.10 Å². The number of amides is 2. The Morgan fingerprint density at radius 2 is 1.93 bits per heavy atom. The number of para-hydroxylation sites is 1. The molecule has 0 saturated carbocycles. The van der Waals surface area contributed by atoms with Gasteiger partial charge in [0.25, 0.3) is 5.91 Å². The maximum absolute atomic E-state index is 12.6. The molecule has 0 aliphatic heterocycles. The highest BCUT2D eigenvalue weighted by Gasteiger charge is 2.20. The number of carbonyl (C=O) groups is 2. The summed E-state index contributed by atoms with van der Waals surface area (Å²) in [5.74, 6) is -0.218. The minimum Gasteiger partial charge on any atom is -0.358 e. The van der Waals surface area contributed by atoms with Gasteiger partial charge < -0.3 is 10.6 Å². The highest BCUT2D eigenvalue weighted by molar-refractivity contribution is 6.37. The molecule has 9 nitrogen and oxygen atoms in total. The summed E-state index contributed by atoms with van der Waals surface area (Å²) in [5, 5.41) is 14.2. The van der Waals surface area contributed by atoms with Crippen LogP contribution in [-0.2, 0) is 17.8 Å². The average molecular weight is 422 g/mol. The predicted octanol–water partition coefficient (Wildman–Crippen LogP) is 2.33. The Hall–Kier alpha value is -2.91. The third kappa shape index (κ3) is 4.15. The molecule has 0 aliphatic carbocycles. The van der Waals surface area contributed by atoms with E-state index in [2.05, 4.69) is 25.8 Å².